The molecule has 0 spiro atoms. The van der Waals surface area contributed by atoms with Crippen LogP contribution in [0.2, 0.25) is 0 Å². The number of amides is 2. The Balaban J connectivity index is 1.48. The molecule has 6 nitrogen and oxygen atoms in total. The van der Waals surface area contributed by atoms with Crippen LogP contribution in [0.5, 0.6) is 0 Å². The summed E-state index contributed by atoms with van der Waals surface area (Å²) in [7, 11) is 0. The van der Waals surface area contributed by atoms with Crippen LogP contribution in [0, 0.1) is 25.6 Å². The molecule has 1 aromatic carbocycles. The van der Waals surface area contributed by atoms with Gasteiger partial charge in [0, 0.05) is 37.2 Å². The first kappa shape index (κ1) is 20.0. The van der Waals surface area contributed by atoms with Crippen LogP contribution in [-0.2, 0) is 22.6 Å². The molecule has 1 aliphatic heterocycles. The van der Waals surface area contributed by atoms with Crippen molar-refractivity contribution < 1.29 is 18.5 Å². The molecule has 28 heavy (non-hydrogen) atoms. The highest BCUT2D eigenvalue weighted by Crippen LogP contribution is 2.21. The van der Waals surface area contributed by atoms with Crippen molar-refractivity contribution in [3.05, 3.63) is 52.7 Å². The van der Waals surface area contributed by atoms with Crippen LogP contribution >= 0.6 is 0 Å². The summed E-state index contributed by atoms with van der Waals surface area (Å²) in [4.78, 5) is 26.3. The first-order valence-electron chi connectivity index (χ1n) is 9.66. The Labute approximate surface area is 164 Å². The summed E-state index contributed by atoms with van der Waals surface area (Å²) in [5.74, 6) is 0.138. The molecule has 2 heterocycles. The minimum absolute atomic E-state index is 0.0364. The number of hydrogen-bond donors (Lipinski definition) is 1. The number of carbonyl (C=O) groups is 2. The van der Waals surface area contributed by atoms with E-state index in [1.165, 1.54) is 6.07 Å². The van der Waals surface area contributed by atoms with E-state index in [4.69, 9.17) is 4.52 Å². The second-order valence-electron chi connectivity index (χ2n) is 7.30. The number of nitrogens with zero attached hydrogens (tertiary/aromatic N) is 2. The fraction of sp³-hybridized carbons (Fsp3) is 0.476. The monoisotopic (exact) mass is 387 g/mol. The molecule has 1 aromatic heterocycles. The van der Waals surface area contributed by atoms with Crippen molar-refractivity contribution in [2.24, 2.45) is 5.92 Å². The van der Waals surface area contributed by atoms with Gasteiger partial charge in [0.25, 0.3) is 0 Å². The average Bonchev–Trinajstić information content (AvgIpc) is 3.00. The molecule has 150 valence electrons. The predicted molar refractivity (Wildman–Crippen MR) is 102 cm³/mol. The van der Waals surface area contributed by atoms with E-state index in [0.717, 1.165) is 29.9 Å². The topological polar surface area (TPSA) is 75.4 Å². The Kier molecular flexibility index (Phi) is 6.44. The van der Waals surface area contributed by atoms with Crippen molar-refractivity contribution >= 4 is 11.8 Å². The van der Waals surface area contributed by atoms with E-state index >= 15 is 0 Å². The highest BCUT2D eigenvalue weighted by atomic mass is 19.1. The van der Waals surface area contributed by atoms with Crippen LogP contribution in [0.25, 0.3) is 0 Å². The number of likely N-dealkylation sites (tertiary alicyclic amines) is 1. The maximum absolute atomic E-state index is 13.9. The van der Waals surface area contributed by atoms with E-state index in [1.807, 2.05) is 13.8 Å². The van der Waals surface area contributed by atoms with Crippen molar-refractivity contribution in [1.82, 2.24) is 15.4 Å². The maximum atomic E-state index is 13.9. The highest BCUT2D eigenvalue weighted by Gasteiger charge is 2.30. The van der Waals surface area contributed by atoms with Gasteiger partial charge in [0.05, 0.1) is 11.6 Å². The lowest BCUT2D eigenvalue weighted by atomic mass is 9.96. The van der Waals surface area contributed by atoms with Gasteiger partial charge in [0.2, 0.25) is 11.8 Å². The third kappa shape index (κ3) is 4.77. The first-order chi connectivity index (χ1) is 13.5. The van der Waals surface area contributed by atoms with Gasteiger partial charge >= 0.3 is 0 Å². The summed E-state index contributed by atoms with van der Waals surface area (Å²) in [6.07, 6.45) is 2.43. The first-order valence-corrected chi connectivity index (χ1v) is 9.66. The zero-order valence-corrected chi connectivity index (χ0v) is 16.3. The quantitative estimate of drug-likeness (QED) is 0.741. The summed E-state index contributed by atoms with van der Waals surface area (Å²) >= 11 is 0. The van der Waals surface area contributed by atoms with Gasteiger partial charge in [-0.25, -0.2) is 4.39 Å². The molecule has 1 aliphatic rings. The van der Waals surface area contributed by atoms with Crippen LogP contribution in [0.15, 0.2) is 28.8 Å². The minimum Gasteiger partial charge on any atom is -0.361 e. The predicted octanol–water partition coefficient (Wildman–Crippen LogP) is 2.92. The van der Waals surface area contributed by atoms with Gasteiger partial charge in [-0.05, 0) is 39.2 Å². The van der Waals surface area contributed by atoms with Gasteiger partial charge in [-0.2, -0.15) is 0 Å². The molecule has 0 bridgehead atoms. The molecular formula is C21H26FN3O3. The van der Waals surface area contributed by atoms with Crippen LogP contribution in [0.4, 0.5) is 4.39 Å². The fourth-order valence-electron chi connectivity index (χ4n) is 3.59. The number of aryl methyl sites for hydroxylation is 2. The number of aromatic nitrogens is 1. The Morgan fingerprint density at radius 1 is 1.36 bits per heavy atom. The van der Waals surface area contributed by atoms with Crippen molar-refractivity contribution in [1.29, 1.82) is 0 Å². The van der Waals surface area contributed by atoms with Crippen LogP contribution in [0.1, 0.15) is 41.8 Å². The number of halogens is 1. The Bertz CT molecular complexity index is 830. The van der Waals surface area contributed by atoms with E-state index in [2.05, 4.69) is 10.5 Å². The van der Waals surface area contributed by atoms with Gasteiger partial charge in [0.15, 0.2) is 0 Å². The van der Waals surface area contributed by atoms with Gasteiger partial charge < -0.3 is 14.7 Å². The molecule has 1 unspecified atom stereocenters. The number of piperidine rings is 1. The van der Waals surface area contributed by atoms with E-state index in [9.17, 15) is 14.0 Å². The Hall–Kier alpha value is -2.70. The standard InChI is InChI=1S/C21H26FN3O3/c1-14-18(15(2)28-24-14)7-5-11-23-21(27)17-9-10-20(26)25(13-17)12-16-6-3-4-8-19(16)22/h3-4,6,8,17H,5,7,9-13H2,1-2H3,(H,23,27). The lowest BCUT2D eigenvalue weighted by Gasteiger charge is -2.32. The molecule has 0 aliphatic carbocycles. The third-order valence-electron chi connectivity index (χ3n) is 5.27. The van der Waals surface area contributed by atoms with Crippen molar-refractivity contribution in [3.8, 4) is 0 Å². The summed E-state index contributed by atoms with van der Waals surface area (Å²) in [5, 5.41) is 6.90. The number of rotatable bonds is 7. The smallest absolute Gasteiger partial charge is 0.224 e. The van der Waals surface area contributed by atoms with E-state index in [1.54, 1.807) is 23.1 Å². The SMILES string of the molecule is Cc1noc(C)c1CCCNC(=O)C1CCC(=O)N(Cc2ccccc2F)C1. The molecule has 1 N–H and O–H groups in total. The Morgan fingerprint density at radius 3 is 2.86 bits per heavy atom. The molecule has 0 saturated carbocycles. The molecule has 1 atom stereocenters. The van der Waals surface area contributed by atoms with Gasteiger partial charge in [0.1, 0.15) is 11.6 Å². The van der Waals surface area contributed by atoms with E-state index in [-0.39, 0.29) is 30.1 Å². The minimum atomic E-state index is -0.332. The molecule has 7 heteroatoms. The van der Waals surface area contributed by atoms with Gasteiger partial charge in [-0.3, -0.25) is 9.59 Å². The maximum Gasteiger partial charge on any atom is 0.224 e. The number of benzene rings is 1. The van der Waals surface area contributed by atoms with E-state index < -0.39 is 0 Å². The largest absolute Gasteiger partial charge is 0.361 e. The molecular weight excluding hydrogens is 361 g/mol. The second-order valence-corrected chi connectivity index (χ2v) is 7.30. The lowest BCUT2D eigenvalue weighted by Crippen LogP contribution is -2.45. The van der Waals surface area contributed by atoms with E-state index in [0.29, 0.717) is 31.5 Å². The molecule has 2 aromatic rings. The average molecular weight is 387 g/mol. The lowest BCUT2D eigenvalue weighted by molar-refractivity contribution is -0.138. The van der Waals surface area contributed by atoms with Gasteiger partial charge in [-0.15, -0.1) is 0 Å². The zero-order valence-electron chi connectivity index (χ0n) is 16.3. The summed E-state index contributed by atoms with van der Waals surface area (Å²) < 4.78 is 19.0. The highest BCUT2D eigenvalue weighted by molar-refractivity contribution is 5.83. The number of hydrogen-bond acceptors (Lipinski definition) is 4. The summed E-state index contributed by atoms with van der Waals surface area (Å²) in [6, 6.07) is 6.42. The van der Waals surface area contributed by atoms with Crippen LogP contribution in [-0.4, -0.2) is 35.0 Å². The number of carbonyl (C=O) groups excluding carboxylic acids is 2. The molecule has 3 rings (SSSR count). The fourth-order valence-corrected chi connectivity index (χ4v) is 3.59. The van der Waals surface area contributed by atoms with Crippen molar-refractivity contribution in [2.45, 2.75) is 46.1 Å². The molecule has 0 radical (unpaired) electrons. The normalized spacial score (nSPS) is 17.0. The van der Waals surface area contributed by atoms with Crippen LogP contribution < -0.4 is 5.32 Å². The second kappa shape index (κ2) is 8.99. The Morgan fingerprint density at radius 2 is 2.14 bits per heavy atom. The zero-order chi connectivity index (χ0) is 20.1. The van der Waals surface area contributed by atoms with Crippen molar-refractivity contribution in [2.75, 3.05) is 13.1 Å². The summed E-state index contributed by atoms with van der Waals surface area (Å²) in [5.41, 5.74) is 2.45. The molecule has 2 amide bonds. The molecule has 1 fully saturated rings. The van der Waals surface area contributed by atoms with Crippen LogP contribution in [0.3, 0.4) is 0 Å². The van der Waals surface area contributed by atoms with Crippen molar-refractivity contribution in [3.63, 3.8) is 0 Å². The third-order valence-corrected chi connectivity index (χ3v) is 5.27. The number of nitrogens with one attached hydrogen (secondary N) is 1. The van der Waals surface area contributed by atoms with Gasteiger partial charge in [-0.1, -0.05) is 23.4 Å². The molecule has 1 saturated heterocycles. The summed E-state index contributed by atoms with van der Waals surface area (Å²) in [6.45, 7) is 4.87.